The summed E-state index contributed by atoms with van der Waals surface area (Å²) in [6, 6.07) is -10.8. The molecule has 748 valence electrons. The van der Waals surface area contributed by atoms with Crippen molar-refractivity contribution in [2.45, 2.75) is 283 Å². The number of aliphatic hydroxyl groups is 2. The zero-order valence-corrected chi connectivity index (χ0v) is 79.0. The summed E-state index contributed by atoms with van der Waals surface area (Å²) in [5, 5.41) is 98.1. The van der Waals surface area contributed by atoms with Crippen molar-refractivity contribution in [3.05, 3.63) is 102 Å². The van der Waals surface area contributed by atoms with E-state index in [1.165, 1.54) is 37.9 Å². The van der Waals surface area contributed by atoms with Crippen molar-refractivity contribution in [3.8, 4) is 5.75 Å². The van der Waals surface area contributed by atoms with Crippen LogP contribution in [0.1, 0.15) is 183 Å². The van der Waals surface area contributed by atoms with E-state index in [0.717, 1.165) is 6.92 Å². The zero-order chi connectivity index (χ0) is 101. The van der Waals surface area contributed by atoms with E-state index in [1.54, 1.807) is 136 Å². The molecule has 0 aliphatic heterocycles. The third kappa shape index (κ3) is 39.2. The highest BCUT2D eigenvalue weighted by Gasteiger charge is 2.42. The fraction of sp³-hybridized carbons (Fsp3) is 0.600. The quantitative estimate of drug-likeness (QED) is 0.0198. The number of nitrogens with zero attached hydrogens (tertiary/aromatic N) is 3. The van der Waals surface area contributed by atoms with E-state index >= 15 is 0 Å². The van der Waals surface area contributed by atoms with Gasteiger partial charge < -0.3 is 131 Å². The first-order chi connectivity index (χ1) is 63.7. The maximum atomic E-state index is 14.9. The predicted molar refractivity (Wildman–Crippen MR) is 490 cm³/mol. The number of aromatic amines is 1. The number of unbranched alkanes of at least 4 members (excludes halogenated alkanes) is 1. The minimum atomic E-state index is -2.05. The second-order valence-corrected chi connectivity index (χ2v) is 35.1. The first kappa shape index (κ1) is 114. The fourth-order valence-corrected chi connectivity index (χ4v) is 14.1. The van der Waals surface area contributed by atoms with Gasteiger partial charge in [0.05, 0.1) is 49.7 Å². The number of phenolic OH excluding ortho intramolecular Hbond substituents is 1. The van der Waals surface area contributed by atoms with Crippen LogP contribution < -0.4 is 91.2 Å². The Morgan fingerprint density at radius 2 is 0.793 bits per heavy atom. The number of aromatic nitrogens is 4. The lowest BCUT2D eigenvalue weighted by Gasteiger charge is -2.31. The number of aromatic hydroxyl groups is 1. The van der Waals surface area contributed by atoms with Gasteiger partial charge in [0.25, 0.3) is 0 Å². The number of nitrogens with two attached hydrogens (primary N) is 2. The molecule has 2 aromatic heterocycles. The Bertz CT molecular complexity index is 4590. The van der Waals surface area contributed by atoms with Crippen LogP contribution >= 0.6 is 0 Å². The van der Waals surface area contributed by atoms with Gasteiger partial charge >= 0.3 is 17.9 Å². The highest BCUT2D eigenvalue weighted by Crippen LogP contribution is 2.20. The van der Waals surface area contributed by atoms with Crippen molar-refractivity contribution in [3.63, 3.8) is 0 Å². The molecule has 135 heavy (non-hydrogen) atoms. The number of phenols is 1. The molecular weight excluding hydrogens is 1760 g/mol. The SMILES string of the molecule is CC[C@H](C)[C@H](NC(=O)[C@H](C)NC(=O)[C@H](CC(=O)O)NC(=O)[C@H](CO)NC(=O)[C@@H](NC(=O)[C@H](Cc1ccccc1)NC(=O)[C@H](CCC(=O)O)NC(=O)[C@H](CC(C)C)NC(=O)[C@@H](N)Cc1ccc(O)cc1)[C@@H](C)CC)C(=O)N[C@H](C(=O)N[C@@H](Cc1cn(C)cn1)C(=O)N[C@H](C(=O)N[C@@H](CC(C)C)C(=O)N[C@@H](Cc1c[nH]cn1)C(=O)N[C@@H](CO)C(=O)N[C@@H](CCCCN)C(=O)O)C(C)C)[C@@H](C)CC. The standard InChI is InChI=1S/C90H139N21O24/c1-15-49(10)72(109-82(126)63(36-53-23-19-18-20-24-53)100-77(121)59(30-31-69(115)116)97-79(123)61(33-46(4)5)99-76(120)58(92)35-54-26-28-57(114)29-27-54)88(132)106-68(43-113)85(129)102-66(39-70(117)118)78(122)96-52(13)75(119)108-74(51(12)17-3)89(133)110-73(50(11)16-2)87(131)104-65(38-56-41-111(14)45-95-56)83(127)107-71(48(8)9)86(130)103-62(34-47(6)7)80(124)101-64(37-55-40-93-44-94-55)81(125)105-67(42-112)84(128)98-60(90(134)135)25-21-22-32-91/h18-20,23-24,26-29,40-41,44-52,58-68,71-74,112-114H,15-17,21-22,25,30-39,42-43,91-92H2,1-14H3,(H,93,94)(H,96,122)(H,97,123)(H,98,128)(H,99,120)(H,100,121)(H,101,124)(H,102,129)(H,103,130)(H,104,131)(H,105,125)(H,106,132)(H,107,127)(H,108,119)(H,109,126)(H,110,133)(H,115,116)(H,117,118)(H,134,135)/t49-,50-,51-,52-,58-,59-,60-,61-,62-,63-,64-,65-,66-,67-,68-,71-,72-,73-,74-/m0/s1. The van der Waals surface area contributed by atoms with Gasteiger partial charge in [-0.15, -0.1) is 0 Å². The molecule has 0 saturated carbocycles. The first-order valence-corrected chi connectivity index (χ1v) is 45.3. The van der Waals surface area contributed by atoms with E-state index in [-0.39, 0.29) is 99.7 Å². The van der Waals surface area contributed by atoms with Crippen LogP contribution in [0, 0.1) is 35.5 Å². The molecule has 0 bridgehead atoms. The van der Waals surface area contributed by atoms with E-state index in [0.29, 0.717) is 24.0 Å². The van der Waals surface area contributed by atoms with Gasteiger partial charge in [-0.1, -0.05) is 145 Å². The fourth-order valence-electron chi connectivity index (χ4n) is 14.1. The molecule has 26 N–H and O–H groups in total. The summed E-state index contributed by atoms with van der Waals surface area (Å²) in [6.45, 7) is 19.2. The summed E-state index contributed by atoms with van der Waals surface area (Å²) in [7, 11) is 1.65. The number of imidazole rings is 2. The van der Waals surface area contributed by atoms with Crippen molar-refractivity contribution < 1.29 is 117 Å². The van der Waals surface area contributed by atoms with Crippen molar-refractivity contribution in [1.29, 1.82) is 0 Å². The van der Waals surface area contributed by atoms with Crippen molar-refractivity contribution in [2.24, 2.45) is 54.0 Å². The molecule has 4 rings (SSSR count). The molecule has 0 aliphatic rings. The molecule has 19 atom stereocenters. The summed E-state index contributed by atoms with van der Waals surface area (Å²) < 4.78 is 1.57. The number of carboxylic acids is 3. The molecule has 0 spiro atoms. The number of H-pyrrole nitrogens is 1. The lowest BCUT2D eigenvalue weighted by Crippen LogP contribution is -2.63. The minimum absolute atomic E-state index is 0.00721. The van der Waals surface area contributed by atoms with Crippen molar-refractivity contribution >= 4 is 107 Å². The lowest BCUT2D eigenvalue weighted by atomic mass is 9.94. The average molecular weight is 1900 g/mol. The maximum absolute atomic E-state index is 14.9. The molecule has 4 aromatic rings. The largest absolute Gasteiger partial charge is 0.508 e. The number of amides is 15. The van der Waals surface area contributed by atoms with Crippen LogP contribution in [0.4, 0.5) is 0 Å². The van der Waals surface area contributed by atoms with Crippen LogP contribution in [0.3, 0.4) is 0 Å². The van der Waals surface area contributed by atoms with Crippen LogP contribution in [0.25, 0.3) is 0 Å². The summed E-state index contributed by atoms with van der Waals surface area (Å²) in [5.74, 6) is -22.9. The molecule has 0 saturated heterocycles. The molecule has 2 aromatic carbocycles. The molecule has 2 heterocycles. The second kappa shape index (κ2) is 57.5. The number of aliphatic carboxylic acids is 3. The van der Waals surface area contributed by atoms with Gasteiger partial charge in [-0.2, -0.15) is 0 Å². The first-order valence-electron chi connectivity index (χ1n) is 45.3. The van der Waals surface area contributed by atoms with Crippen molar-refractivity contribution in [2.75, 3.05) is 19.8 Å². The van der Waals surface area contributed by atoms with Crippen LogP contribution in [-0.2, 0) is 119 Å². The Morgan fingerprint density at radius 3 is 1.25 bits per heavy atom. The van der Waals surface area contributed by atoms with Crippen molar-refractivity contribution in [1.82, 2.24) is 99.3 Å². The average Bonchev–Trinajstić information content (AvgIpc) is 1.82. The number of benzene rings is 2. The minimum Gasteiger partial charge on any atom is -0.508 e. The van der Waals surface area contributed by atoms with Gasteiger partial charge in [0.15, 0.2) is 0 Å². The number of hydrogen-bond acceptors (Lipinski definition) is 25. The number of aliphatic hydroxyl groups excluding tert-OH is 2. The Labute approximate surface area is 784 Å². The van der Waals surface area contributed by atoms with E-state index in [9.17, 15) is 117 Å². The smallest absolute Gasteiger partial charge is 0.326 e. The van der Waals surface area contributed by atoms with E-state index in [2.05, 4.69) is 94.7 Å². The Morgan fingerprint density at radius 1 is 0.400 bits per heavy atom. The number of carboxylic acid groups (broad SMARTS) is 3. The van der Waals surface area contributed by atoms with Crippen LogP contribution in [0.5, 0.6) is 5.75 Å². The Hall–Kier alpha value is -13.0. The molecule has 0 radical (unpaired) electrons. The van der Waals surface area contributed by atoms with Gasteiger partial charge in [-0.05, 0) is 117 Å². The molecule has 45 heteroatoms. The molecular formula is C90H139N21O24. The molecule has 0 fully saturated rings. The Balaban J connectivity index is 1.54. The predicted octanol–water partition coefficient (Wildman–Crippen LogP) is -2.84. The number of rotatable bonds is 61. The topological polar surface area (TPSA) is 708 Å². The second-order valence-electron chi connectivity index (χ2n) is 35.1. The van der Waals surface area contributed by atoms with Crippen LogP contribution in [0.2, 0.25) is 0 Å². The summed E-state index contributed by atoms with van der Waals surface area (Å²) in [4.78, 5) is 263. The third-order valence-corrected chi connectivity index (χ3v) is 22.6. The number of aryl methyl sites for hydroxylation is 1. The highest BCUT2D eigenvalue weighted by atomic mass is 16.4. The van der Waals surface area contributed by atoms with Crippen LogP contribution in [-0.4, -0.2) is 273 Å². The number of hydrogen-bond donors (Lipinski definition) is 24. The van der Waals surface area contributed by atoms with Gasteiger partial charge in [0.2, 0.25) is 88.6 Å². The molecule has 45 nitrogen and oxygen atoms in total. The third-order valence-electron chi connectivity index (χ3n) is 22.6. The number of nitrogens with one attached hydrogen (secondary N) is 16. The molecule has 0 unspecified atom stereocenters. The van der Waals surface area contributed by atoms with Crippen LogP contribution in [0.15, 0.2) is 79.6 Å². The summed E-state index contributed by atoms with van der Waals surface area (Å²) in [6.07, 6.45) is 3.95. The zero-order valence-electron chi connectivity index (χ0n) is 79.0. The van der Waals surface area contributed by atoms with Gasteiger partial charge in [0.1, 0.15) is 96.4 Å². The lowest BCUT2D eigenvalue weighted by molar-refractivity contribution is -0.143. The number of carbonyl (C=O) groups is 18. The normalized spacial score (nSPS) is 15.6. The van der Waals surface area contributed by atoms with E-state index in [1.807, 2.05) is 0 Å². The number of carbonyl (C=O) groups excluding carboxylic acids is 15. The monoisotopic (exact) mass is 1900 g/mol. The molecule has 15 amide bonds. The molecule has 0 aliphatic carbocycles. The van der Waals surface area contributed by atoms with Gasteiger partial charge in [-0.3, -0.25) is 81.5 Å². The Kier molecular flexibility index (Phi) is 48.7. The van der Waals surface area contributed by atoms with E-state index in [4.69, 9.17) is 11.5 Å². The van der Waals surface area contributed by atoms with E-state index < -0.39 is 259 Å². The van der Waals surface area contributed by atoms with Gasteiger partial charge in [0, 0.05) is 45.1 Å². The van der Waals surface area contributed by atoms with Gasteiger partial charge in [-0.25, -0.2) is 14.8 Å². The maximum Gasteiger partial charge on any atom is 0.326 e. The summed E-state index contributed by atoms with van der Waals surface area (Å²) in [5.41, 5.74) is 13.4. The highest BCUT2D eigenvalue weighted by molar-refractivity contribution is 6.02. The summed E-state index contributed by atoms with van der Waals surface area (Å²) >= 11 is 0.